The highest BCUT2D eigenvalue weighted by atomic mass is 32.1. The fraction of sp³-hybridized carbons (Fsp3) is 0.455. The third kappa shape index (κ3) is 3.10. The van der Waals surface area contributed by atoms with Crippen LogP contribution >= 0.6 is 19.2 Å². The van der Waals surface area contributed by atoms with Crippen molar-refractivity contribution in [2.45, 2.75) is 24.5 Å². The van der Waals surface area contributed by atoms with Crippen LogP contribution < -0.4 is 11.2 Å². The molecule has 0 saturated carbocycles. The zero-order valence-electron chi connectivity index (χ0n) is 11.8. The van der Waals surface area contributed by atoms with E-state index in [0.29, 0.717) is 0 Å². The number of aliphatic hydroxyl groups is 2. The first-order chi connectivity index (χ1) is 11.2. The van der Waals surface area contributed by atoms with Gasteiger partial charge < -0.3 is 24.7 Å². The van der Waals surface area contributed by atoms with E-state index >= 15 is 0 Å². The van der Waals surface area contributed by atoms with Gasteiger partial charge in [-0.1, -0.05) is 0 Å². The van der Waals surface area contributed by atoms with Crippen LogP contribution in [0.15, 0.2) is 21.0 Å². The van der Waals surface area contributed by atoms with Crippen molar-refractivity contribution in [3.63, 3.8) is 0 Å². The van der Waals surface area contributed by atoms with E-state index in [4.69, 9.17) is 14.5 Å². The van der Waals surface area contributed by atoms with Crippen molar-refractivity contribution in [1.29, 1.82) is 0 Å². The zero-order valence-corrected chi connectivity index (χ0v) is 13.5. The largest absolute Gasteiger partial charge is 0.469 e. The van der Waals surface area contributed by atoms with Crippen LogP contribution in [-0.4, -0.2) is 54.5 Å². The monoisotopic (exact) mass is 380 g/mol. The molecular formula is C11H13N2O9PS. The number of nitrogens with zero attached hydrogens (tertiary/aromatic N) is 1. The second kappa shape index (κ2) is 6.17. The smallest absolute Gasteiger partial charge is 0.387 e. The third-order valence-electron chi connectivity index (χ3n) is 3.55. The lowest BCUT2D eigenvalue weighted by Crippen LogP contribution is -2.38. The quantitative estimate of drug-likeness (QED) is 0.395. The topological polar surface area (TPSA) is 171 Å². The normalized spacial score (nSPS) is 27.8. The fourth-order valence-corrected chi connectivity index (χ4v) is 3.61. The van der Waals surface area contributed by atoms with Crippen LogP contribution in [0.4, 0.5) is 0 Å². The Morgan fingerprint density at radius 3 is 2.71 bits per heavy atom. The van der Waals surface area contributed by atoms with Gasteiger partial charge in [0.2, 0.25) is 0 Å². The molecule has 5 N–H and O–H groups in total. The summed E-state index contributed by atoms with van der Waals surface area (Å²) in [6.07, 6.45) is -5.74. The Morgan fingerprint density at radius 2 is 2.04 bits per heavy atom. The van der Waals surface area contributed by atoms with E-state index in [1.807, 2.05) is 0 Å². The predicted octanol–water partition coefficient (Wildman–Crippen LogP) is -1.52. The Balaban J connectivity index is 1.96. The first-order valence-corrected chi connectivity index (χ1v) is 9.04. The van der Waals surface area contributed by atoms with Crippen LogP contribution in [0.25, 0.3) is 10.2 Å². The van der Waals surface area contributed by atoms with Gasteiger partial charge in [0.05, 0.1) is 12.1 Å². The molecule has 1 fully saturated rings. The number of ether oxygens (including phenoxy) is 1. The molecule has 0 radical (unpaired) electrons. The van der Waals surface area contributed by atoms with Crippen LogP contribution in [0.1, 0.15) is 6.23 Å². The predicted molar refractivity (Wildman–Crippen MR) is 80.6 cm³/mol. The first kappa shape index (κ1) is 17.5. The zero-order chi connectivity index (χ0) is 17.6. The summed E-state index contributed by atoms with van der Waals surface area (Å²) in [7, 11) is -4.79. The van der Waals surface area contributed by atoms with Gasteiger partial charge in [0.15, 0.2) is 6.23 Å². The Labute approximate surface area is 136 Å². The molecule has 0 bridgehead atoms. The van der Waals surface area contributed by atoms with Crippen LogP contribution in [0.3, 0.4) is 0 Å². The maximum Gasteiger partial charge on any atom is 0.469 e. The number of aromatic amines is 1. The average molecular weight is 380 g/mol. The van der Waals surface area contributed by atoms with Gasteiger partial charge >= 0.3 is 13.5 Å². The van der Waals surface area contributed by atoms with Gasteiger partial charge in [-0.25, -0.2) is 9.36 Å². The fourth-order valence-electron chi connectivity index (χ4n) is 2.49. The highest BCUT2D eigenvalue weighted by Crippen LogP contribution is 2.38. The van der Waals surface area contributed by atoms with Crippen molar-refractivity contribution in [2.24, 2.45) is 0 Å². The molecule has 4 atom stereocenters. The minimum Gasteiger partial charge on any atom is -0.387 e. The van der Waals surface area contributed by atoms with Crippen LogP contribution in [0.2, 0.25) is 0 Å². The van der Waals surface area contributed by atoms with E-state index in [9.17, 15) is 24.4 Å². The molecule has 3 heterocycles. The van der Waals surface area contributed by atoms with Gasteiger partial charge in [-0.15, -0.1) is 11.3 Å². The summed E-state index contributed by atoms with van der Waals surface area (Å²) in [5.41, 5.74) is -1.23. The molecule has 1 aliphatic heterocycles. The van der Waals surface area contributed by atoms with E-state index < -0.39 is 50.2 Å². The van der Waals surface area contributed by atoms with E-state index in [1.165, 1.54) is 6.07 Å². The van der Waals surface area contributed by atoms with Crippen molar-refractivity contribution in [3.8, 4) is 0 Å². The molecule has 132 valence electrons. The Bertz CT molecular complexity index is 914. The van der Waals surface area contributed by atoms with E-state index in [0.717, 1.165) is 15.9 Å². The number of aliphatic hydroxyl groups excluding tert-OH is 2. The summed E-state index contributed by atoms with van der Waals surface area (Å²) in [6, 6.07) is 1.48. The third-order valence-corrected chi connectivity index (χ3v) is 4.94. The number of fused-ring (bicyclic) bond motifs is 1. The summed E-state index contributed by atoms with van der Waals surface area (Å²) in [6.45, 7) is -0.691. The molecule has 1 aliphatic rings. The van der Waals surface area contributed by atoms with Crippen LogP contribution in [0.5, 0.6) is 0 Å². The molecule has 2 aromatic rings. The number of phosphoric acid groups is 1. The Hall–Kier alpha value is -1.37. The summed E-state index contributed by atoms with van der Waals surface area (Å²) in [5, 5.41) is 21.7. The molecule has 1 saturated heterocycles. The second-order valence-electron chi connectivity index (χ2n) is 5.10. The van der Waals surface area contributed by atoms with Gasteiger partial charge in [0, 0.05) is 0 Å². The molecule has 0 aromatic carbocycles. The van der Waals surface area contributed by atoms with Gasteiger partial charge in [0.25, 0.3) is 5.56 Å². The summed E-state index contributed by atoms with van der Waals surface area (Å²) in [4.78, 5) is 43.3. The van der Waals surface area contributed by atoms with Crippen molar-refractivity contribution in [2.75, 3.05) is 6.61 Å². The molecule has 0 aliphatic carbocycles. The van der Waals surface area contributed by atoms with Gasteiger partial charge in [-0.3, -0.25) is 18.9 Å². The number of H-pyrrole nitrogens is 1. The Morgan fingerprint density at radius 1 is 1.33 bits per heavy atom. The van der Waals surface area contributed by atoms with E-state index in [1.54, 1.807) is 5.38 Å². The maximum absolute atomic E-state index is 12.1. The number of phosphoric ester groups is 1. The van der Waals surface area contributed by atoms with Gasteiger partial charge in [0.1, 0.15) is 23.0 Å². The molecule has 0 amide bonds. The van der Waals surface area contributed by atoms with E-state index in [-0.39, 0.29) is 10.2 Å². The number of thiophene rings is 1. The molecule has 0 unspecified atom stereocenters. The molecule has 3 rings (SSSR count). The van der Waals surface area contributed by atoms with Gasteiger partial charge in [-0.05, 0) is 11.4 Å². The number of hydrogen-bond acceptors (Lipinski definition) is 8. The second-order valence-corrected chi connectivity index (χ2v) is 7.25. The van der Waals surface area contributed by atoms with Crippen molar-refractivity contribution >= 4 is 29.4 Å². The molecular weight excluding hydrogens is 367 g/mol. The van der Waals surface area contributed by atoms with Crippen molar-refractivity contribution in [1.82, 2.24) is 9.55 Å². The highest BCUT2D eigenvalue weighted by Gasteiger charge is 2.45. The lowest BCUT2D eigenvalue weighted by atomic mass is 10.1. The maximum atomic E-state index is 12.1. The van der Waals surface area contributed by atoms with Crippen molar-refractivity contribution < 1.29 is 33.8 Å². The minimum atomic E-state index is -4.79. The summed E-state index contributed by atoms with van der Waals surface area (Å²) in [5.74, 6) is 0. The number of aromatic nitrogens is 2. The minimum absolute atomic E-state index is 0.210. The first-order valence-electron chi connectivity index (χ1n) is 6.63. The SMILES string of the molecule is O=c1[nH]c(=O)n([C@@H]2O[C@H](COP(=O)(O)O)[C@@H](O)[C@H]2O)c2ccsc12. The average Bonchev–Trinajstić information content (AvgIpc) is 3.05. The van der Waals surface area contributed by atoms with Crippen LogP contribution in [-0.2, 0) is 13.8 Å². The molecule has 11 nitrogen and oxygen atoms in total. The Kier molecular flexibility index (Phi) is 4.49. The lowest BCUT2D eigenvalue weighted by Gasteiger charge is -2.18. The molecule has 2 aromatic heterocycles. The number of nitrogens with one attached hydrogen (secondary N) is 1. The van der Waals surface area contributed by atoms with Crippen LogP contribution in [0, 0.1) is 0 Å². The molecule has 0 spiro atoms. The molecule has 13 heteroatoms. The van der Waals surface area contributed by atoms with E-state index in [2.05, 4.69) is 9.51 Å². The molecule has 24 heavy (non-hydrogen) atoms. The highest BCUT2D eigenvalue weighted by molar-refractivity contribution is 7.46. The summed E-state index contributed by atoms with van der Waals surface area (Å²) >= 11 is 1.08. The lowest BCUT2D eigenvalue weighted by molar-refractivity contribution is -0.0520. The summed E-state index contributed by atoms with van der Waals surface area (Å²) < 4.78 is 21.5. The standard InChI is InChI=1S/C11H13N2O9PS/c14-6-5(3-21-23(18,19)20)22-10(7(6)15)13-4-1-2-24-8(4)9(16)12-11(13)17/h1-2,5-7,10,14-15H,3H2,(H,12,16,17)(H2,18,19,20)/t5-,6-,7-,10-/m1/s1. The van der Waals surface area contributed by atoms with Crippen molar-refractivity contribution in [3.05, 3.63) is 32.3 Å². The number of rotatable bonds is 4. The van der Waals surface area contributed by atoms with Gasteiger partial charge in [-0.2, -0.15) is 0 Å². The number of hydrogen-bond donors (Lipinski definition) is 5.